The van der Waals surface area contributed by atoms with Crippen molar-refractivity contribution in [3.8, 4) is 0 Å². The van der Waals surface area contributed by atoms with E-state index in [2.05, 4.69) is 10.9 Å². The van der Waals surface area contributed by atoms with E-state index in [1.54, 1.807) is 30.3 Å². The molecule has 2 amide bonds. The van der Waals surface area contributed by atoms with Gasteiger partial charge in [0.05, 0.1) is 5.92 Å². The molecule has 1 aromatic rings. The highest BCUT2D eigenvalue weighted by molar-refractivity contribution is 5.95. The van der Waals surface area contributed by atoms with E-state index in [0.717, 1.165) is 12.8 Å². The molecular weight excluding hydrogens is 296 g/mol. The van der Waals surface area contributed by atoms with E-state index in [1.165, 1.54) is 6.92 Å². The number of carbonyl (C=O) groups is 3. The second-order valence-electron chi connectivity index (χ2n) is 5.37. The van der Waals surface area contributed by atoms with Gasteiger partial charge in [-0.3, -0.25) is 25.2 Å². The molecule has 1 aliphatic rings. The number of benzene rings is 1. The van der Waals surface area contributed by atoms with Crippen molar-refractivity contribution < 1.29 is 19.1 Å². The van der Waals surface area contributed by atoms with Crippen molar-refractivity contribution in [3.63, 3.8) is 0 Å². The van der Waals surface area contributed by atoms with Gasteiger partial charge in [-0.25, -0.2) is 0 Å². The molecule has 122 valence electrons. The highest BCUT2D eigenvalue weighted by atomic mass is 16.5. The lowest BCUT2D eigenvalue weighted by Gasteiger charge is -2.19. The summed E-state index contributed by atoms with van der Waals surface area (Å²) in [6, 6.07) is 8.49. The zero-order chi connectivity index (χ0) is 16.7. The molecule has 0 spiro atoms. The number of ether oxygens (including phenoxy) is 1. The number of carbonyl (C=O) groups excluding carboxylic acids is 3. The average Bonchev–Trinajstić information content (AvgIpc) is 2.60. The van der Waals surface area contributed by atoms with Crippen molar-refractivity contribution in [2.45, 2.75) is 32.3 Å². The summed E-state index contributed by atoms with van der Waals surface area (Å²) in [5, 5.41) is 0. The quantitative estimate of drug-likeness (QED) is 0.503. The van der Waals surface area contributed by atoms with Crippen LogP contribution in [0.25, 0.3) is 0 Å². The summed E-state index contributed by atoms with van der Waals surface area (Å²) in [7, 11) is 0. The molecule has 0 saturated carbocycles. The third kappa shape index (κ3) is 4.95. The van der Waals surface area contributed by atoms with Crippen LogP contribution in [0.3, 0.4) is 0 Å². The molecule has 0 aromatic heterocycles. The smallest absolute Gasteiger partial charge is 0.310 e. The number of allylic oxidation sites excluding steroid dienone is 2. The molecule has 1 aromatic carbocycles. The van der Waals surface area contributed by atoms with Crippen LogP contribution in [0.4, 0.5) is 0 Å². The molecule has 23 heavy (non-hydrogen) atoms. The first-order valence-electron chi connectivity index (χ1n) is 7.58. The standard InChI is InChI=1S/C17H20N2O4/c1-12(23-17(22)14-10-6-3-7-11-14)15(20)18-19-16(21)13-8-4-2-5-9-13/h2-6,8-9,12,14H,7,10-11H2,1H3,(H,18,20)(H,19,21)/t12-,14+/m1/s1. The van der Waals surface area contributed by atoms with Gasteiger partial charge in [0, 0.05) is 5.56 Å². The van der Waals surface area contributed by atoms with Crippen LogP contribution >= 0.6 is 0 Å². The summed E-state index contributed by atoms with van der Waals surface area (Å²) in [6.07, 6.45) is 5.21. The Labute approximate surface area is 134 Å². The van der Waals surface area contributed by atoms with Gasteiger partial charge in [0.15, 0.2) is 6.10 Å². The molecular formula is C17H20N2O4. The number of hydrogen-bond acceptors (Lipinski definition) is 4. The molecule has 0 fully saturated rings. The number of rotatable bonds is 4. The van der Waals surface area contributed by atoms with E-state index in [0.29, 0.717) is 12.0 Å². The summed E-state index contributed by atoms with van der Waals surface area (Å²) in [4.78, 5) is 35.6. The minimum Gasteiger partial charge on any atom is -0.452 e. The van der Waals surface area contributed by atoms with E-state index < -0.39 is 17.9 Å². The van der Waals surface area contributed by atoms with E-state index in [1.807, 2.05) is 12.2 Å². The number of amides is 2. The van der Waals surface area contributed by atoms with Gasteiger partial charge in [0.1, 0.15) is 0 Å². The lowest BCUT2D eigenvalue weighted by Crippen LogP contribution is -2.47. The van der Waals surface area contributed by atoms with Crippen molar-refractivity contribution in [1.29, 1.82) is 0 Å². The first-order valence-corrected chi connectivity index (χ1v) is 7.58. The molecule has 0 unspecified atom stereocenters. The Morgan fingerprint density at radius 2 is 1.87 bits per heavy atom. The monoisotopic (exact) mass is 316 g/mol. The maximum absolute atomic E-state index is 11.9. The van der Waals surface area contributed by atoms with Gasteiger partial charge in [-0.1, -0.05) is 30.4 Å². The van der Waals surface area contributed by atoms with Crippen LogP contribution in [0.15, 0.2) is 42.5 Å². The largest absolute Gasteiger partial charge is 0.452 e. The SMILES string of the molecule is C[C@@H](OC(=O)[C@H]1CC=CCC1)C(=O)NNC(=O)c1ccccc1. The predicted molar refractivity (Wildman–Crippen MR) is 84.1 cm³/mol. The van der Waals surface area contributed by atoms with Crippen molar-refractivity contribution in [2.24, 2.45) is 5.92 Å². The van der Waals surface area contributed by atoms with E-state index >= 15 is 0 Å². The fourth-order valence-electron chi connectivity index (χ4n) is 2.21. The van der Waals surface area contributed by atoms with Crippen molar-refractivity contribution in [3.05, 3.63) is 48.0 Å². The first kappa shape index (κ1) is 16.7. The first-order chi connectivity index (χ1) is 11.1. The van der Waals surface area contributed by atoms with Crippen LogP contribution < -0.4 is 10.9 Å². The lowest BCUT2D eigenvalue weighted by atomic mass is 9.95. The third-order valence-electron chi connectivity index (χ3n) is 3.60. The molecule has 1 aliphatic carbocycles. The van der Waals surface area contributed by atoms with Crippen molar-refractivity contribution >= 4 is 17.8 Å². The topological polar surface area (TPSA) is 84.5 Å². The van der Waals surface area contributed by atoms with Crippen LogP contribution in [0.1, 0.15) is 36.5 Å². The fourth-order valence-corrected chi connectivity index (χ4v) is 2.21. The summed E-state index contributed by atoms with van der Waals surface area (Å²) < 4.78 is 5.15. The molecule has 2 rings (SSSR count). The Morgan fingerprint density at radius 1 is 1.13 bits per heavy atom. The van der Waals surface area contributed by atoms with Gasteiger partial charge in [-0.2, -0.15) is 0 Å². The van der Waals surface area contributed by atoms with Gasteiger partial charge >= 0.3 is 5.97 Å². The Balaban J connectivity index is 1.77. The zero-order valence-corrected chi connectivity index (χ0v) is 13.0. The fraction of sp³-hybridized carbons (Fsp3) is 0.353. The van der Waals surface area contributed by atoms with Crippen molar-refractivity contribution in [2.75, 3.05) is 0 Å². The molecule has 0 heterocycles. The Kier molecular flexibility index (Phi) is 5.91. The van der Waals surface area contributed by atoms with Crippen LogP contribution in [0.5, 0.6) is 0 Å². The molecule has 0 saturated heterocycles. The highest BCUT2D eigenvalue weighted by Gasteiger charge is 2.25. The van der Waals surface area contributed by atoms with Gasteiger partial charge in [0.25, 0.3) is 11.8 Å². The number of hydrogen-bond donors (Lipinski definition) is 2. The molecule has 2 atom stereocenters. The van der Waals surface area contributed by atoms with Crippen molar-refractivity contribution in [1.82, 2.24) is 10.9 Å². The molecule has 2 N–H and O–H groups in total. The van der Waals surface area contributed by atoms with Gasteiger partial charge in [0.2, 0.25) is 0 Å². The van der Waals surface area contributed by atoms with E-state index in [9.17, 15) is 14.4 Å². The maximum atomic E-state index is 11.9. The van der Waals surface area contributed by atoms with E-state index in [4.69, 9.17) is 4.74 Å². The highest BCUT2D eigenvalue weighted by Crippen LogP contribution is 2.20. The second kappa shape index (κ2) is 8.12. The predicted octanol–water partition coefficient (Wildman–Crippen LogP) is 1.74. The number of hydrazine groups is 1. The average molecular weight is 316 g/mol. The van der Waals surface area contributed by atoms with Gasteiger partial charge < -0.3 is 4.74 Å². The summed E-state index contributed by atoms with van der Waals surface area (Å²) in [6.45, 7) is 1.47. The number of esters is 1. The van der Waals surface area contributed by atoms with Gasteiger partial charge in [-0.05, 0) is 38.3 Å². The van der Waals surface area contributed by atoms with Crippen LogP contribution in [-0.2, 0) is 14.3 Å². The maximum Gasteiger partial charge on any atom is 0.310 e. The lowest BCUT2D eigenvalue weighted by molar-refractivity contribution is -0.159. The van der Waals surface area contributed by atoms with Crippen LogP contribution in [0, 0.1) is 5.92 Å². The Hall–Kier alpha value is -2.63. The molecule has 0 aliphatic heterocycles. The second-order valence-corrected chi connectivity index (χ2v) is 5.37. The summed E-state index contributed by atoms with van der Waals surface area (Å²) in [5.74, 6) is -1.59. The third-order valence-corrected chi connectivity index (χ3v) is 3.60. The molecule has 0 bridgehead atoms. The molecule has 0 radical (unpaired) electrons. The summed E-state index contributed by atoms with van der Waals surface area (Å²) >= 11 is 0. The zero-order valence-electron chi connectivity index (χ0n) is 13.0. The molecule has 6 nitrogen and oxygen atoms in total. The Bertz CT molecular complexity index is 598. The molecule has 6 heteroatoms. The normalized spacial score (nSPS) is 17.9. The van der Waals surface area contributed by atoms with E-state index in [-0.39, 0.29) is 11.9 Å². The summed E-state index contributed by atoms with van der Waals surface area (Å²) in [5.41, 5.74) is 4.97. The number of nitrogens with one attached hydrogen (secondary N) is 2. The Morgan fingerprint density at radius 3 is 2.52 bits per heavy atom. The van der Waals surface area contributed by atoms with Gasteiger partial charge in [-0.15, -0.1) is 0 Å². The van der Waals surface area contributed by atoms with Crippen LogP contribution in [0.2, 0.25) is 0 Å². The minimum atomic E-state index is -0.968. The minimum absolute atomic E-state index is 0.200. The van der Waals surface area contributed by atoms with Crippen LogP contribution in [-0.4, -0.2) is 23.9 Å².